The Bertz CT molecular complexity index is 359. The SMILES string of the molecule is COC(=O)/C(=C\CC(C)(C)C)NC(=O)OC(C)(C)C. The van der Waals surface area contributed by atoms with E-state index in [-0.39, 0.29) is 11.1 Å². The molecule has 110 valence electrons. The van der Waals surface area contributed by atoms with Crippen LogP contribution in [0.3, 0.4) is 0 Å². The van der Waals surface area contributed by atoms with E-state index in [0.29, 0.717) is 6.42 Å². The third-order valence-corrected chi connectivity index (χ3v) is 1.96. The average molecular weight is 271 g/mol. The highest BCUT2D eigenvalue weighted by molar-refractivity contribution is 5.92. The first-order chi connectivity index (χ1) is 8.44. The molecule has 0 aromatic carbocycles. The molecule has 0 bridgehead atoms. The van der Waals surface area contributed by atoms with Crippen LogP contribution >= 0.6 is 0 Å². The molecule has 0 heterocycles. The molecule has 0 aliphatic carbocycles. The molecule has 5 nitrogen and oxygen atoms in total. The lowest BCUT2D eigenvalue weighted by atomic mass is 9.92. The molecule has 0 rings (SSSR count). The molecule has 0 aromatic rings. The largest absolute Gasteiger partial charge is 0.464 e. The summed E-state index contributed by atoms with van der Waals surface area (Å²) in [6, 6.07) is 0. The van der Waals surface area contributed by atoms with Crippen molar-refractivity contribution in [2.75, 3.05) is 7.11 Å². The van der Waals surface area contributed by atoms with Crippen LogP contribution in [-0.4, -0.2) is 24.8 Å². The van der Waals surface area contributed by atoms with Crippen molar-refractivity contribution in [3.63, 3.8) is 0 Å². The highest BCUT2D eigenvalue weighted by Gasteiger charge is 2.20. The number of esters is 1. The minimum absolute atomic E-state index is 0.00881. The minimum Gasteiger partial charge on any atom is -0.464 e. The monoisotopic (exact) mass is 271 g/mol. The molecule has 1 N–H and O–H groups in total. The van der Waals surface area contributed by atoms with Gasteiger partial charge < -0.3 is 9.47 Å². The van der Waals surface area contributed by atoms with E-state index >= 15 is 0 Å². The van der Waals surface area contributed by atoms with Gasteiger partial charge in [-0.2, -0.15) is 0 Å². The van der Waals surface area contributed by atoms with E-state index in [1.165, 1.54) is 7.11 Å². The second-order valence-corrected chi connectivity index (χ2v) is 6.50. The van der Waals surface area contributed by atoms with E-state index in [1.807, 2.05) is 20.8 Å². The number of hydrogen-bond acceptors (Lipinski definition) is 4. The number of methoxy groups -OCH3 is 1. The second-order valence-electron chi connectivity index (χ2n) is 6.50. The van der Waals surface area contributed by atoms with Gasteiger partial charge in [-0.3, -0.25) is 5.32 Å². The fourth-order valence-electron chi connectivity index (χ4n) is 1.12. The molecule has 0 aliphatic heterocycles. The molecule has 19 heavy (non-hydrogen) atoms. The van der Waals surface area contributed by atoms with Gasteiger partial charge in [0.2, 0.25) is 0 Å². The van der Waals surface area contributed by atoms with Crippen LogP contribution in [0.15, 0.2) is 11.8 Å². The number of alkyl carbamates (subject to hydrolysis) is 1. The van der Waals surface area contributed by atoms with Crippen molar-refractivity contribution in [2.24, 2.45) is 5.41 Å². The number of ether oxygens (including phenoxy) is 2. The molecule has 0 spiro atoms. The smallest absolute Gasteiger partial charge is 0.412 e. The van der Waals surface area contributed by atoms with Gasteiger partial charge in [-0.1, -0.05) is 26.8 Å². The minimum atomic E-state index is -0.668. The molecule has 0 saturated carbocycles. The van der Waals surface area contributed by atoms with Crippen LogP contribution < -0.4 is 5.32 Å². The molecule has 0 saturated heterocycles. The Kier molecular flexibility index (Phi) is 6.06. The zero-order chi connectivity index (χ0) is 15.3. The topological polar surface area (TPSA) is 64.6 Å². The van der Waals surface area contributed by atoms with Gasteiger partial charge in [-0.05, 0) is 32.6 Å². The summed E-state index contributed by atoms with van der Waals surface area (Å²) in [5.41, 5.74) is -0.504. The lowest BCUT2D eigenvalue weighted by Gasteiger charge is -2.20. The third-order valence-electron chi connectivity index (χ3n) is 1.96. The summed E-state index contributed by atoms with van der Waals surface area (Å²) in [6.45, 7) is 11.4. The number of allylic oxidation sites excluding steroid dienone is 1. The van der Waals surface area contributed by atoms with Gasteiger partial charge in [-0.25, -0.2) is 9.59 Å². The van der Waals surface area contributed by atoms with Crippen molar-refractivity contribution >= 4 is 12.1 Å². The van der Waals surface area contributed by atoms with Gasteiger partial charge in [-0.15, -0.1) is 0 Å². The van der Waals surface area contributed by atoms with Crippen molar-refractivity contribution in [3.8, 4) is 0 Å². The first kappa shape index (κ1) is 17.5. The number of carbonyl (C=O) groups excluding carboxylic acids is 2. The van der Waals surface area contributed by atoms with Gasteiger partial charge in [0.25, 0.3) is 0 Å². The molecule has 0 unspecified atom stereocenters. The Labute approximate surface area is 115 Å². The highest BCUT2D eigenvalue weighted by Crippen LogP contribution is 2.20. The standard InChI is InChI=1S/C14H25NO4/c1-13(2,3)9-8-10(11(16)18-7)15-12(17)19-14(4,5)6/h8H,9H2,1-7H3,(H,15,17)/b10-8+. The Morgan fingerprint density at radius 2 is 1.63 bits per heavy atom. The van der Waals surface area contributed by atoms with Gasteiger partial charge in [0.1, 0.15) is 11.3 Å². The number of nitrogens with one attached hydrogen (secondary N) is 1. The predicted octanol–water partition coefficient (Wildman–Crippen LogP) is 3.00. The Morgan fingerprint density at radius 3 is 2.00 bits per heavy atom. The van der Waals surface area contributed by atoms with Gasteiger partial charge in [0, 0.05) is 0 Å². The van der Waals surface area contributed by atoms with E-state index in [9.17, 15) is 9.59 Å². The van der Waals surface area contributed by atoms with Crippen LogP contribution in [0.1, 0.15) is 48.0 Å². The molecule has 1 amide bonds. The lowest BCUT2D eigenvalue weighted by molar-refractivity contribution is -0.136. The Morgan fingerprint density at radius 1 is 1.11 bits per heavy atom. The second kappa shape index (κ2) is 6.59. The molecule has 0 radical (unpaired) electrons. The zero-order valence-electron chi connectivity index (χ0n) is 12.9. The maximum Gasteiger partial charge on any atom is 0.412 e. The van der Waals surface area contributed by atoms with E-state index in [4.69, 9.17) is 4.74 Å². The lowest BCUT2D eigenvalue weighted by Crippen LogP contribution is -2.34. The number of amides is 1. The van der Waals surface area contributed by atoms with Crippen LogP contribution in [0.25, 0.3) is 0 Å². The Balaban J connectivity index is 4.80. The summed E-state index contributed by atoms with van der Waals surface area (Å²) in [5.74, 6) is -0.588. The fraction of sp³-hybridized carbons (Fsp3) is 0.714. The maximum absolute atomic E-state index is 11.6. The third kappa shape index (κ3) is 9.11. The summed E-state index contributed by atoms with van der Waals surface area (Å²) < 4.78 is 9.73. The van der Waals surface area contributed by atoms with Crippen LogP contribution in [0.2, 0.25) is 0 Å². The van der Waals surface area contributed by atoms with Crippen LogP contribution in [0.5, 0.6) is 0 Å². The van der Waals surface area contributed by atoms with Gasteiger partial charge in [0.15, 0.2) is 0 Å². The van der Waals surface area contributed by atoms with Crippen molar-refractivity contribution in [1.29, 1.82) is 0 Å². The van der Waals surface area contributed by atoms with Crippen LogP contribution in [-0.2, 0) is 14.3 Å². The first-order valence-corrected chi connectivity index (χ1v) is 6.23. The summed E-state index contributed by atoms with van der Waals surface area (Å²) in [5, 5.41) is 2.42. The Hall–Kier alpha value is -1.52. The molecular weight excluding hydrogens is 246 g/mol. The van der Waals surface area contributed by atoms with E-state index < -0.39 is 17.7 Å². The van der Waals surface area contributed by atoms with Crippen molar-refractivity contribution in [1.82, 2.24) is 5.32 Å². The highest BCUT2D eigenvalue weighted by atomic mass is 16.6. The van der Waals surface area contributed by atoms with Gasteiger partial charge >= 0.3 is 12.1 Å². The summed E-state index contributed by atoms with van der Waals surface area (Å²) in [4.78, 5) is 23.2. The fourth-order valence-corrected chi connectivity index (χ4v) is 1.12. The number of rotatable bonds is 3. The summed E-state index contributed by atoms with van der Waals surface area (Å²) in [7, 11) is 1.27. The van der Waals surface area contributed by atoms with Gasteiger partial charge in [0.05, 0.1) is 7.11 Å². The van der Waals surface area contributed by atoms with Crippen LogP contribution in [0.4, 0.5) is 4.79 Å². The molecular formula is C14H25NO4. The van der Waals surface area contributed by atoms with E-state index in [0.717, 1.165) is 0 Å². The quantitative estimate of drug-likeness (QED) is 0.633. The molecule has 0 fully saturated rings. The molecule has 0 aliphatic rings. The predicted molar refractivity (Wildman–Crippen MR) is 73.5 cm³/mol. The molecule has 5 heteroatoms. The van der Waals surface area contributed by atoms with E-state index in [2.05, 4.69) is 10.1 Å². The number of carbonyl (C=O) groups is 2. The van der Waals surface area contributed by atoms with E-state index in [1.54, 1.807) is 26.8 Å². The molecule has 0 atom stereocenters. The van der Waals surface area contributed by atoms with Crippen molar-refractivity contribution < 1.29 is 19.1 Å². The normalized spacial score (nSPS) is 12.9. The summed E-state index contributed by atoms with van der Waals surface area (Å²) >= 11 is 0. The average Bonchev–Trinajstić information content (AvgIpc) is 2.19. The maximum atomic E-state index is 11.6. The van der Waals surface area contributed by atoms with Crippen LogP contribution in [0, 0.1) is 5.41 Å². The van der Waals surface area contributed by atoms with Crippen molar-refractivity contribution in [3.05, 3.63) is 11.8 Å². The molecule has 0 aromatic heterocycles. The van der Waals surface area contributed by atoms with Crippen molar-refractivity contribution in [2.45, 2.75) is 53.6 Å². The zero-order valence-corrected chi connectivity index (χ0v) is 12.9. The first-order valence-electron chi connectivity index (χ1n) is 6.23. The summed E-state index contributed by atoms with van der Waals surface area (Å²) in [6.07, 6.45) is 1.61. The number of hydrogen-bond donors (Lipinski definition) is 1.